The van der Waals surface area contributed by atoms with Gasteiger partial charge in [-0.2, -0.15) is 0 Å². The van der Waals surface area contributed by atoms with Crippen molar-refractivity contribution in [1.82, 2.24) is 10.6 Å². The van der Waals surface area contributed by atoms with Crippen LogP contribution in [-0.2, 0) is 17.8 Å². The van der Waals surface area contributed by atoms with Gasteiger partial charge >= 0.3 is 0 Å². The number of rotatable bonds is 9. The second-order valence-electron chi connectivity index (χ2n) is 7.56. The molecule has 3 rings (SSSR count). The van der Waals surface area contributed by atoms with E-state index < -0.39 is 0 Å². The first-order chi connectivity index (χ1) is 15.1. The first-order valence-corrected chi connectivity index (χ1v) is 10.9. The smallest absolute Gasteiger partial charge is 0.231 e. The molecule has 1 aliphatic rings. The highest BCUT2D eigenvalue weighted by molar-refractivity contribution is 14.0. The van der Waals surface area contributed by atoms with Crippen LogP contribution in [-0.4, -0.2) is 31.7 Å². The van der Waals surface area contributed by atoms with Gasteiger partial charge in [0.2, 0.25) is 12.7 Å². The van der Waals surface area contributed by atoms with Crippen molar-refractivity contribution in [3.05, 3.63) is 53.6 Å². The molecule has 1 unspecified atom stereocenters. The van der Waals surface area contributed by atoms with Crippen LogP contribution in [0.25, 0.3) is 0 Å². The van der Waals surface area contributed by atoms with Crippen LogP contribution in [0, 0.1) is 5.92 Å². The van der Waals surface area contributed by atoms with Gasteiger partial charge in [0, 0.05) is 24.7 Å². The lowest BCUT2D eigenvalue weighted by atomic mass is 10.1. The lowest BCUT2D eigenvalue weighted by Gasteiger charge is -2.12. The molecule has 1 aliphatic heterocycles. The highest BCUT2D eigenvalue weighted by Gasteiger charge is 2.13. The summed E-state index contributed by atoms with van der Waals surface area (Å²) in [5, 5.41) is 9.63. The van der Waals surface area contributed by atoms with E-state index in [2.05, 4.69) is 27.0 Å². The number of anilines is 1. The fourth-order valence-electron chi connectivity index (χ4n) is 3.13. The number of fused-ring (bicyclic) bond motifs is 1. The Bertz CT molecular complexity index is 920. The van der Waals surface area contributed by atoms with Gasteiger partial charge in [0.15, 0.2) is 17.5 Å². The van der Waals surface area contributed by atoms with E-state index in [4.69, 9.17) is 9.47 Å². The lowest BCUT2D eigenvalue weighted by Crippen LogP contribution is -2.38. The predicted octanol–water partition coefficient (Wildman–Crippen LogP) is 4.32. The molecule has 1 amide bonds. The molecule has 0 aromatic heterocycles. The van der Waals surface area contributed by atoms with E-state index in [9.17, 15) is 4.79 Å². The average Bonchev–Trinajstić information content (AvgIpc) is 3.25. The number of hydrogen-bond acceptors (Lipinski definition) is 4. The molecule has 174 valence electrons. The van der Waals surface area contributed by atoms with Crippen molar-refractivity contribution in [2.24, 2.45) is 10.9 Å². The summed E-state index contributed by atoms with van der Waals surface area (Å²) in [5.74, 6) is 2.41. The minimum Gasteiger partial charge on any atom is -0.454 e. The fraction of sp³-hybridized carbons (Fsp3) is 0.417. The molecule has 32 heavy (non-hydrogen) atoms. The number of nitrogens with one attached hydrogen (secondary N) is 3. The highest BCUT2D eigenvalue weighted by atomic mass is 127. The van der Waals surface area contributed by atoms with Crippen molar-refractivity contribution < 1.29 is 14.3 Å². The fourth-order valence-corrected chi connectivity index (χ4v) is 3.13. The number of amides is 1. The Labute approximate surface area is 207 Å². The normalized spacial score (nSPS) is 13.2. The molecule has 0 radical (unpaired) electrons. The first kappa shape index (κ1) is 25.8. The third kappa shape index (κ3) is 7.58. The van der Waals surface area contributed by atoms with E-state index in [0.29, 0.717) is 6.54 Å². The Morgan fingerprint density at radius 3 is 2.66 bits per heavy atom. The SMILES string of the molecule is CCNC(=NCc1cccc(NC(=O)C(C)CC)c1)NCCc1ccc2c(c1)OCO2.I. The Hall–Kier alpha value is -2.49. The zero-order chi connectivity index (χ0) is 22.1. The number of carbonyl (C=O) groups is 1. The van der Waals surface area contributed by atoms with Crippen LogP contribution >= 0.6 is 24.0 Å². The molecule has 0 fully saturated rings. The number of guanidine groups is 1. The van der Waals surface area contributed by atoms with Crippen LogP contribution in [0.4, 0.5) is 5.69 Å². The Morgan fingerprint density at radius 2 is 1.88 bits per heavy atom. The number of carbonyl (C=O) groups excluding carboxylic acids is 1. The molecule has 3 N–H and O–H groups in total. The summed E-state index contributed by atoms with van der Waals surface area (Å²) in [6.07, 6.45) is 1.66. The number of aliphatic imine (C=N–C) groups is 1. The number of nitrogens with zero attached hydrogens (tertiary/aromatic N) is 1. The Kier molecular flexibility index (Phi) is 10.6. The first-order valence-electron chi connectivity index (χ1n) is 10.9. The van der Waals surface area contributed by atoms with Gasteiger partial charge in [-0.25, -0.2) is 4.99 Å². The minimum absolute atomic E-state index is 0. The van der Waals surface area contributed by atoms with Crippen LogP contribution in [0.15, 0.2) is 47.5 Å². The molecule has 0 saturated heterocycles. The van der Waals surface area contributed by atoms with Crippen molar-refractivity contribution in [3.63, 3.8) is 0 Å². The van der Waals surface area contributed by atoms with Gasteiger partial charge in [-0.05, 0) is 55.2 Å². The van der Waals surface area contributed by atoms with Crippen molar-refractivity contribution in [3.8, 4) is 11.5 Å². The minimum atomic E-state index is -0.00371. The maximum atomic E-state index is 12.1. The van der Waals surface area contributed by atoms with Crippen molar-refractivity contribution in [1.29, 1.82) is 0 Å². The molecule has 7 nitrogen and oxygen atoms in total. The maximum absolute atomic E-state index is 12.1. The molecular formula is C24H33IN4O3. The van der Waals surface area contributed by atoms with E-state index in [1.807, 2.05) is 57.2 Å². The Morgan fingerprint density at radius 1 is 1.06 bits per heavy atom. The van der Waals surface area contributed by atoms with E-state index >= 15 is 0 Å². The number of hydrogen-bond donors (Lipinski definition) is 3. The molecule has 1 atom stereocenters. The summed E-state index contributed by atoms with van der Waals surface area (Å²) in [6, 6.07) is 13.9. The lowest BCUT2D eigenvalue weighted by molar-refractivity contribution is -0.119. The van der Waals surface area contributed by atoms with Gasteiger partial charge in [-0.1, -0.05) is 32.0 Å². The summed E-state index contributed by atoms with van der Waals surface area (Å²) in [6.45, 7) is 8.32. The summed E-state index contributed by atoms with van der Waals surface area (Å²) >= 11 is 0. The number of ether oxygens (including phenoxy) is 2. The number of benzene rings is 2. The third-order valence-electron chi connectivity index (χ3n) is 5.16. The largest absolute Gasteiger partial charge is 0.454 e. The second kappa shape index (κ2) is 13.1. The standard InChI is InChI=1S/C24H32N4O3.HI/c1-4-17(3)23(29)28-20-8-6-7-19(13-20)15-27-24(25-5-2)26-12-11-18-9-10-21-22(14-18)31-16-30-21;/h6-10,13-14,17H,4-5,11-12,15-16H2,1-3H3,(H,28,29)(H2,25,26,27);1H. The molecule has 0 spiro atoms. The zero-order valence-electron chi connectivity index (χ0n) is 18.9. The molecule has 2 aromatic rings. The van der Waals surface area contributed by atoms with Gasteiger partial charge < -0.3 is 25.4 Å². The highest BCUT2D eigenvalue weighted by Crippen LogP contribution is 2.32. The molecule has 0 bridgehead atoms. The van der Waals surface area contributed by atoms with E-state index in [0.717, 1.165) is 54.6 Å². The van der Waals surface area contributed by atoms with Gasteiger partial charge in [-0.3, -0.25) is 4.79 Å². The van der Waals surface area contributed by atoms with Crippen LogP contribution in [0.5, 0.6) is 11.5 Å². The predicted molar refractivity (Wildman–Crippen MR) is 139 cm³/mol. The monoisotopic (exact) mass is 552 g/mol. The molecule has 8 heteroatoms. The average molecular weight is 552 g/mol. The maximum Gasteiger partial charge on any atom is 0.231 e. The van der Waals surface area contributed by atoms with Crippen molar-refractivity contribution in [2.45, 2.75) is 40.2 Å². The summed E-state index contributed by atoms with van der Waals surface area (Å²) in [7, 11) is 0. The van der Waals surface area contributed by atoms with Crippen LogP contribution in [0.3, 0.4) is 0 Å². The number of halogens is 1. The van der Waals surface area contributed by atoms with Crippen LogP contribution in [0.1, 0.15) is 38.3 Å². The van der Waals surface area contributed by atoms with Gasteiger partial charge in [-0.15, -0.1) is 24.0 Å². The molecule has 2 aromatic carbocycles. The van der Waals surface area contributed by atoms with E-state index in [-0.39, 0.29) is 42.6 Å². The molecular weight excluding hydrogens is 519 g/mol. The summed E-state index contributed by atoms with van der Waals surface area (Å²) in [4.78, 5) is 16.8. The molecule has 1 heterocycles. The van der Waals surface area contributed by atoms with Gasteiger partial charge in [0.25, 0.3) is 0 Å². The Balaban J connectivity index is 0.00000363. The van der Waals surface area contributed by atoms with Crippen molar-refractivity contribution >= 4 is 41.5 Å². The van der Waals surface area contributed by atoms with Crippen LogP contribution in [0.2, 0.25) is 0 Å². The second-order valence-corrected chi connectivity index (χ2v) is 7.56. The van der Waals surface area contributed by atoms with Crippen LogP contribution < -0.4 is 25.4 Å². The molecule has 0 saturated carbocycles. The van der Waals surface area contributed by atoms with Gasteiger partial charge in [0.1, 0.15) is 0 Å². The van der Waals surface area contributed by atoms with E-state index in [1.54, 1.807) is 0 Å². The van der Waals surface area contributed by atoms with Crippen molar-refractivity contribution in [2.75, 3.05) is 25.2 Å². The van der Waals surface area contributed by atoms with E-state index in [1.165, 1.54) is 5.56 Å². The zero-order valence-corrected chi connectivity index (χ0v) is 21.3. The summed E-state index contributed by atoms with van der Waals surface area (Å²) in [5.41, 5.74) is 3.02. The molecule has 0 aliphatic carbocycles. The van der Waals surface area contributed by atoms with Gasteiger partial charge in [0.05, 0.1) is 6.54 Å². The quantitative estimate of drug-likeness (QED) is 0.245. The third-order valence-corrected chi connectivity index (χ3v) is 5.16. The topological polar surface area (TPSA) is 84.0 Å². The summed E-state index contributed by atoms with van der Waals surface area (Å²) < 4.78 is 10.8.